The minimum atomic E-state index is 0.256. The zero-order valence-electron chi connectivity index (χ0n) is 16.5. The quantitative estimate of drug-likeness (QED) is 0.412. The third-order valence-electron chi connectivity index (χ3n) is 5.48. The maximum Gasteiger partial charge on any atom is 0.219 e. The number of nitrogens with zero attached hydrogens (tertiary/aromatic N) is 1. The average molecular weight is 339 g/mol. The molecule has 1 amide bonds. The minimum Gasteiger partial charge on any atom is -0.356 e. The molecule has 1 N–H and O–H groups in total. The number of carbonyl (C=O) groups excluding carboxylic acids is 1. The monoisotopic (exact) mass is 338 g/mol. The van der Waals surface area contributed by atoms with Crippen LogP contribution in [0.25, 0.3) is 0 Å². The Hall–Kier alpha value is -0.570. The standard InChI is InChI=1S/C21H42N2O/c1-3-4-5-6-7-8-9-10-11-12-13-16-21(24)22-18-17-20-15-14-19-23(20)2/h20H,3-19H2,1-2H3,(H,22,24). The lowest BCUT2D eigenvalue weighted by Crippen LogP contribution is -2.31. The molecule has 1 aliphatic heterocycles. The van der Waals surface area contributed by atoms with E-state index in [1.165, 1.54) is 83.6 Å². The van der Waals surface area contributed by atoms with Gasteiger partial charge in [0.25, 0.3) is 0 Å². The van der Waals surface area contributed by atoms with Crippen LogP contribution in [0.15, 0.2) is 0 Å². The molecule has 0 aromatic rings. The van der Waals surface area contributed by atoms with E-state index in [1.807, 2.05) is 0 Å². The maximum absolute atomic E-state index is 11.8. The molecule has 1 unspecified atom stereocenters. The fourth-order valence-electron chi connectivity index (χ4n) is 3.76. The molecule has 3 heteroatoms. The number of hydrogen-bond acceptors (Lipinski definition) is 2. The number of nitrogens with one attached hydrogen (secondary N) is 1. The van der Waals surface area contributed by atoms with E-state index in [2.05, 4.69) is 24.2 Å². The molecule has 1 rings (SSSR count). The topological polar surface area (TPSA) is 32.3 Å². The molecule has 0 aliphatic carbocycles. The number of rotatable bonds is 15. The van der Waals surface area contributed by atoms with Gasteiger partial charge in [-0.25, -0.2) is 0 Å². The number of amides is 1. The van der Waals surface area contributed by atoms with Crippen molar-refractivity contribution in [2.24, 2.45) is 0 Å². The summed E-state index contributed by atoms with van der Waals surface area (Å²) in [6.45, 7) is 4.34. The summed E-state index contributed by atoms with van der Waals surface area (Å²) in [7, 11) is 2.20. The van der Waals surface area contributed by atoms with Crippen LogP contribution in [0.1, 0.15) is 103 Å². The third kappa shape index (κ3) is 11.1. The Morgan fingerprint density at radius 2 is 1.54 bits per heavy atom. The first-order chi connectivity index (χ1) is 11.7. The third-order valence-corrected chi connectivity index (χ3v) is 5.48. The predicted octanol–water partition coefficient (Wildman–Crippen LogP) is 5.29. The minimum absolute atomic E-state index is 0.256. The molecule has 1 atom stereocenters. The van der Waals surface area contributed by atoms with Gasteiger partial charge in [-0.1, -0.05) is 71.1 Å². The molecular weight excluding hydrogens is 296 g/mol. The van der Waals surface area contributed by atoms with Crippen LogP contribution in [-0.2, 0) is 4.79 Å². The first-order valence-electron chi connectivity index (χ1n) is 10.7. The second-order valence-corrected chi connectivity index (χ2v) is 7.70. The SMILES string of the molecule is CCCCCCCCCCCCCC(=O)NCCC1CCCN1C. The normalized spacial score (nSPS) is 18.2. The van der Waals surface area contributed by atoms with Gasteiger partial charge in [-0.2, -0.15) is 0 Å². The molecule has 0 aromatic heterocycles. The fourth-order valence-corrected chi connectivity index (χ4v) is 3.76. The lowest BCUT2D eigenvalue weighted by atomic mass is 10.1. The molecule has 1 fully saturated rings. The van der Waals surface area contributed by atoms with Crippen LogP contribution >= 0.6 is 0 Å². The van der Waals surface area contributed by atoms with Crippen molar-refractivity contribution in [2.45, 2.75) is 109 Å². The van der Waals surface area contributed by atoms with Gasteiger partial charge in [0.2, 0.25) is 5.91 Å². The van der Waals surface area contributed by atoms with Crippen molar-refractivity contribution in [1.29, 1.82) is 0 Å². The van der Waals surface area contributed by atoms with Gasteiger partial charge in [0.1, 0.15) is 0 Å². The summed E-state index contributed by atoms with van der Waals surface area (Å²) in [6, 6.07) is 0.687. The largest absolute Gasteiger partial charge is 0.356 e. The van der Waals surface area contributed by atoms with Crippen molar-refractivity contribution in [2.75, 3.05) is 20.1 Å². The first-order valence-corrected chi connectivity index (χ1v) is 10.7. The van der Waals surface area contributed by atoms with Gasteiger partial charge in [-0.05, 0) is 39.3 Å². The van der Waals surface area contributed by atoms with Crippen LogP contribution in [0.2, 0.25) is 0 Å². The number of carbonyl (C=O) groups is 1. The van der Waals surface area contributed by atoms with Gasteiger partial charge in [0.15, 0.2) is 0 Å². The zero-order chi connectivity index (χ0) is 17.5. The molecular formula is C21H42N2O. The van der Waals surface area contributed by atoms with Gasteiger partial charge in [-0.15, -0.1) is 0 Å². The summed E-state index contributed by atoms with van der Waals surface area (Å²) in [5, 5.41) is 3.10. The molecule has 0 bridgehead atoms. The second kappa shape index (κ2) is 14.7. The Morgan fingerprint density at radius 1 is 0.958 bits per heavy atom. The van der Waals surface area contributed by atoms with Gasteiger partial charge in [0.05, 0.1) is 0 Å². The lowest BCUT2D eigenvalue weighted by Gasteiger charge is -2.19. The Labute approximate surface area is 151 Å². The Balaban J connectivity index is 1.79. The smallest absolute Gasteiger partial charge is 0.219 e. The van der Waals surface area contributed by atoms with Crippen molar-refractivity contribution in [1.82, 2.24) is 10.2 Å². The molecule has 1 heterocycles. The van der Waals surface area contributed by atoms with Gasteiger partial charge in [-0.3, -0.25) is 4.79 Å². The first kappa shape index (κ1) is 21.5. The van der Waals surface area contributed by atoms with Crippen LogP contribution in [0, 0.1) is 0 Å². The highest BCUT2D eigenvalue weighted by atomic mass is 16.1. The Morgan fingerprint density at radius 3 is 2.08 bits per heavy atom. The number of likely N-dealkylation sites (tertiary alicyclic amines) is 1. The summed E-state index contributed by atoms with van der Waals surface area (Å²) in [4.78, 5) is 14.3. The van der Waals surface area contributed by atoms with Crippen molar-refractivity contribution < 1.29 is 4.79 Å². The number of hydrogen-bond donors (Lipinski definition) is 1. The van der Waals surface area contributed by atoms with Crippen molar-refractivity contribution in [3.8, 4) is 0 Å². The van der Waals surface area contributed by atoms with E-state index in [4.69, 9.17) is 0 Å². The molecule has 0 radical (unpaired) electrons. The Bertz CT molecular complexity index is 306. The highest BCUT2D eigenvalue weighted by Gasteiger charge is 2.20. The lowest BCUT2D eigenvalue weighted by molar-refractivity contribution is -0.121. The fraction of sp³-hybridized carbons (Fsp3) is 0.952. The Kier molecular flexibility index (Phi) is 13.2. The summed E-state index contributed by atoms with van der Waals surface area (Å²) in [5.74, 6) is 0.256. The molecule has 142 valence electrons. The van der Waals surface area contributed by atoms with Crippen LogP contribution in [0.5, 0.6) is 0 Å². The summed E-state index contributed by atoms with van der Waals surface area (Å²) in [6.07, 6.45) is 19.2. The highest BCUT2D eigenvalue weighted by molar-refractivity contribution is 5.75. The molecule has 3 nitrogen and oxygen atoms in total. The summed E-state index contributed by atoms with van der Waals surface area (Å²) in [5.41, 5.74) is 0. The average Bonchev–Trinajstić information content (AvgIpc) is 2.98. The summed E-state index contributed by atoms with van der Waals surface area (Å²) >= 11 is 0. The van der Waals surface area contributed by atoms with Crippen LogP contribution in [-0.4, -0.2) is 37.0 Å². The molecule has 0 aromatic carbocycles. The van der Waals surface area contributed by atoms with Gasteiger partial charge < -0.3 is 10.2 Å². The van der Waals surface area contributed by atoms with Crippen molar-refractivity contribution >= 4 is 5.91 Å². The maximum atomic E-state index is 11.8. The van der Waals surface area contributed by atoms with E-state index >= 15 is 0 Å². The van der Waals surface area contributed by atoms with Crippen molar-refractivity contribution in [3.63, 3.8) is 0 Å². The molecule has 0 saturated carbocycles. The van der Waals surface area contributed by atoms with E-state index in [1.54, 1.807) is 0 Å². The van der Waals surface area contributed by atoms with E-state index in [-0.39, 0.29) is 5.91 Å². The molecule has 0 spiro atoms. The zero-order valence-corrected chi connectivity index (χ0v) is 16.5. The highest BCUT2D eigenvalue weighted by Crippen LogP contribution is 2.17. The molecule has 1 aliphatic rings. The predicted molar refractivity (Wildman–Crippen MR) is 104 cm³/mol. The molecule has 24 heavy (non-hydrogen) atoms. The summed E-state index contributed by atoms with van der Waals surface area (Å²) < 4.78 is 0. The van der Waals surface area contributed by atoms with Gasteiger partial charge in [0, 0.05) is 19.0 Å². The van der Waals surface area contributed by atoms with Crippen molar-refractivity contribution in [3.05, 3.63) is 0 Å². The molecule has 1 saturated heterocycles. The number of unbranched alkanes of at least 4 members (excludes halogenated alkanes) is 10. The van der Waals surface area contributed by atoms with E-state index in [9.17, 15) is 4.79 Å². The van der Waals surface area contributed by atoms with E-state index in [0.29, 0.717) is 6.04 Å². The second-order valence-electron chi connectivity index (χ2n) is 7.70. The van der Waals surface area contributed by atoms with E-state index < -0.39 is 0 Å². The van der Waals surface area contributed by atoms with Crippen LogP contribution in [0.4, 0.5) is 0 Å². The van der Waals surface area contributed by atoms with Crippen LogP contribution in [0.3, 0.4) is 0 Å². The van der Waals surface area contributed by atoms with Crippen LogP contribution < -0.4 is 5.32 Å². The van der Waals surface area contributed by atoms with Gasteiger partial charge >= 0.3 is 0 Å². The van der Waals surface area contributed by atoms with E-state index in [0.717, 1.165) is 25.8 Å².